The van der Waals surface area contributed by atoms with E-state index in [4.69, 9.17) is 9.47 Å². The van der Waals surface area contributed by atoms with E-state index < -0.39 is 6.10 Å². The molecule has 112 valence electrons. The summed E-state index contributed by atoms with van der Waals surface area (Å²) in [4.78, 5) is 0. The molecule has 2 rings (SSSR count). The van der Waals surface area contributed by atoms with Crippen LogP contribution >= 0.6 is 0 Å². The van der Waals surface area contributed by atoms with Crippen LogP contribution in [0.2, 0.25) is 0 Å². The maximum atomic E-state index is 10.2. The van der Waals surface area contributed by atoms with Crippen LogP contribution in [0.15, 0.2) is 18.2 Å². The third-order valence-electron chi connectivity index (χ3n) is 4.01. The van der Waals surface area contributed by atoms with Gasteiger partial charge in [-0.05, 0) is 25.0 Å². The fourth-order valence-electron chi connectivity index (χ4n) is 2.61. The van der Waals surface area contributed by atoms with Crippen molar-refractivity contribution in [3.63, 3.8) is 0 Å². The molecule has 1 aliphatic rings. The van der Waals surface area contributed by atoms with Gasteiger partial charge in [0.15, 0.2) is 0 Å². The minimum Gasteiger partial charge on any atom is -0.390 e. The summed E-state index contributed by atoms with van der Waals surface area (Å²) >= 11 is 0. The van der Waals surface area contributed by atoms with E-state index in [9.17, 15) is 5.11 Å². The van der Waals surface area contributed by atoms with Gasteiger partial charge in [-0.15, -0.1) is 0 Å². The van der Waals surface area contributed by atoms with E-state index in [0.29, 0.717) is 13.2 Å². The standard InChI is InChI=1S/C16H25NO3/c1-11-4-5-12(2)13(6-11)7-17-8-14-9-20-10-15(19-3)16(14)18/h4-6,14-18H,7-10H2,1-3H3/t14-,15-,16+/m1/s1. The van der Waals surface area contributed by atoms with E-state index >= 15 is 0 Å². The lowest BCUT2D eigenvalue weighted by Gasteiger charge is -2.34. The van der Waals surface area contributed by atoms with Crippen molar-refractivity contribution in [3.8, 4) is 0 Å². The Labute approximate surface area is 121 Å². The molecule has 0 bridgehead atoms. The molecule has 0 aromatic heterocycles. The van der Waals surface area contributed by atoms with Crippen molar-refractivity contribution >= 4 is 0 Å². The predicted molar refractivity (Wildman–Crippen MR) is 78.7 cm³/mol. The second kappa shape index (κ2) is 7.18. The predicted octanol–water partition coefficient (Wildman–Crippen LogP) is 1.42. The SMILES string of the molecule is CO[C@@H]1COC[C@@H](CNCc2cc(C)ccc2C)[C@@H]1O. The van der Waals surface area contributed by atoms with Crippen LogP contribution in [-0.2, 0) is 16.0 Å². The Morgan fingerprint density at radius 3 is 2.90 bits per heavy atom. The average Bonchev–Trinajstić information content (AvgIpc) is 2.44. The number of ether oxygens (including phenoxy) is 2. The fraction of sp³-hybridized carbons (Fsp3) is 0.625. The van der Waals surface area contributed by atoms with Gasteiger partial charge in [-0.25, -0.2) is 0 Å². The number of nitrogens with one attached hydrogen (secondary N) is 1. The molecule has 1 aromatic rings. The molecule has 0 unspecified atom stereocenters. The van der Waals surface area contributed by atoms with Gasteiger partial charge in [0, 0.05) is 26.1 Å². The molecular weight excluding hydrogens is 254 g/mol. The Bertz CT molecular complexity index is 436. The van der Waals surface area contributed by atoms with Crippen molar-refractivity contribution in [3.05, 3.63) is 34.9 Å². The van der Waals surface area contributed by atoms with Gasteiger partial charge in [-0.2, -0.15) is 0 Å². The quantitative estimate of drug-likeness (QED) is 0.856. The van der Waals surface area contributed by atoms with Gasteiger partial charge in [-0.1, -0.05) is 23.8 Å². The highest BCUT2D eigenvalue weighted by Gasteiger charge is 2.32. The molecule has 0 radical (unpaired) electrons. The monoisotopic (exact) mass is 279 g/mol. The summed E-state index contributed by atoms with van der Waals surface area (Å²) in [5, 5.41) is 13.6. The number of aliphatic hydroxyl groups is 1. The first-order valence-electron chi connectivity index (χ1n) is 7.17. The molecule has 1 saturated heterocycles. The van der Waals surface area contributed by atoms with Gasteiger partial charge in [0.2, 0.25) is 0 Å². The van der Waals surface area contributed by atoms with Crippen molar-refractivity contribution in [1.29, 1.82) is 0 Å². The second-order valence-corrected chi connectivity index (χ2v) is 5.62. The normalized spacial score (nSPS) is 26.7. The van der Waals surface area contributed by atoms with Crippen LogP contribution in [0.1, 0.15) is 16.7 Å². The van der Waals surface area contributed by atoms with Crippen LogP contribution in [0, 0.1) is 19.8 Å². The zero-order chi connectivity index (χ0) is 14.5. The number of aryl methyl sites for hydroxylation is 2. The molecule has 0 amide bonds. The van der Waals surface area contributed by atoms with Crippen LogP contribution < -0.4 is 5.32 Å². The zero-order valence-electron chi connectivity index (χ0n) is 12.6. The molecule has 1 aromatic carbocycles. The molecule has 1 aliphatic heterocycles. The van der Waals surface area contributed by atoms with Gasteiger partial charge in [0.25, 0.3) is 0 Å². The minimum absolute atomic E-state index is 0.0822. The molecule has 2 N–H and O–H groups in total. The maximum absolute atomic E-state index is 10.2. The lowest BCUT2D eigenvalue weighted by Crippen LogP contribution is -2.48. The minimum atomic E-state index is -0.458. The van der Waals surface area contributed by atoms with E-state index in [2.05, 4.69) is 37.4 Å². The fourth-order valence-corrected chi connectivity index (χ4v) is 2.61. The first-order chi connectivity index (χ1) is 9.61. The highest BCUT2D eigenvalue weighted by Crippen LogP contribution is 2.17. The Hall–Kier alpha value is -0.940. The third kappa shape index (κ3) is 3.79. The van der Waals surface area contributed by atoms with E-state index in [-0.39, 0.29) is 12.0 Å². The van der Waals surface area contributed by atoms with Crippen molar-refractivity contribution < 1.29 is 14.6 Å². The molecule has 4 heteroatoms. The molecule has 0 spiro atoms. The van der Waals surface area contributed by atoms with Crippen molar-refractivity contribution in [2.24, 2.45) is 5.92 Å². The number of methoxy groups -OCH3 is 1. The molecule has 1 fully saturated rings. The van der Waals surface area contributed by atoms with Crippen LogP contribution in [-0.4, -0.2) is 44.2 Å². The highest BCUT2D eigenvalue weighted by atomic mass is 16.5. The van der Waals surface area contributed by atoms with Gasteiger partial charge < -0.3 is 19.9 Å². The van der Waals surface area contributed by atoms with Crippen molar-refractivity contribution in [2.45, 2.75) is 32.6 Å². The van der Waals surface area contributed by atoms with Crippen LogP contribution in [0.3, 0.4) is 0 Å². The number of hydrogen-bond acceptors (Lipinski definition) is 4. The maximum Gasteiger partial charge on any atom is 0.107 e. The number of aliphatic hydroxyl groups excluding tert-OH is 1. The third-order valence-corrected chi connectivity index (χ3v) is 4.01. The molecule has 0 aliphatic carbocycles. The lowest BCUT2D eigenvalue weighted by atomic mass is 9.96. The van der Waals surface area contributed by atoms with Crippen LogP contribution in [0.5, 0.6) is 0 Å². The van der Waals surface area contributed by atoms with Gasteiger partial charge >= 0.3 is 0 Å². The van der Waals surface area contributed by atoms with E-state index in [1.165, 1.54) is 16.7 Å². The molecule has 3 atom stereocenters. The Kier molecular flexibility index (Phi) is 5.54. The summed E-state index contributed by atoms with van der Waals surface area (Å²) in [6.07, 6.45) is -0.670. The summed E-state index contributed by atoms with van der Waals surface area (Å²) in [7, 11) is 1.61. The first-order valence-corrected chi connectivity index (χ1v) is 7.17. The van der Waals surface area contributed by atoms with Crippen molar-refractivity contribution in [1.82, 2.24) is 5.32 Å². The van der Waals surface area contributed by atoms with E-state index in [1.54, 1.807) is 7.11 Å². The Balaban J connectivity index is 1.84. The highest BCUT2D eigenvalue weighted by molar-refractivity contribution is 5.30. The summed E-state index contributed by atoms with van der Waals surface area (Å²) in [5.41, 5.74) is 3.87. The largest absolute Gasteiger partial charge is 0.390 e. The summed E-state index contributed by atoms with van der Waals surface area (Å²) in [6.45, 7) is 6.83. The summed E-state index contributed by atoms with van der Waals surface area (Å²) in [5.74, 6) is 0.0822. The molecule has 1 heterocycles. The summed E-state index contributed by atoms with van der Waals surface area (Å²) in [6, 6.07) is 6.47. The Morgan fingerprint density at radius 2 is 2.15 bits per heavy atom. The van der Waals surface area contributed by atoms with Gasteiger partial charge in [0.1, 0.15) is 6.10 Å². The van der Waals surface area contributed by atoms with Gasteiger partial charge in [-0.3, -0.25) is 0 Å². The molecule has 4 nitrogen and oxygen atoms in total. The van der Waals surface area contributed by atoms with Crippen LogP contribution in [0.25, 0.3) is 0 Å². The number of hydrogen-bond donors (Lipinski definition) is 2. The summed E-state index contributed by atoms with van der Waals surface area (Å²) < 4.78 is 10.7. The molecular formula is C16H25NO3. The number of rotatable bonds is 5. The van der Waals surface area contributed by atoms with Crippen LogP contribution in [0.4, 0.5) is 0 Å². The lowest BCUT2D eigenvalue weighted by molar-refractivity contribution is -0.133. The van der Waals surface area contributed by atoms with Crippen molar-refractivity contribution in [2.75, 3.05) is 26.9 Å². The smallest absolute Gasteiger partial charge is 0.107 e. The Morgan fingerprint density at radius 1 is 1.35 bits per heavy atom. The first kappa shape index (κ1) is 15.4. The topological polar surface area (TPSA) is 50.7 Å². The molecule has 20 heavy (non-hydrogen) atoms. The number of benzene rings is 1. The second-order valence-electron chi connectivity index (χ2n) is 5.62. The van der Waals surface area contributed by atoms with E-state index in [0.717, 1.165) is 13.1 Å². The molecule has 0 saturated carbocycles. The zero-order valence-corrected chi connectivity index (χ0v) is 12.6. The van der Waals surface area contributed by atoms with Gasteiger partial charge in [0.05, 0.1) is 19.3 Å². The average molecular weight is 279 g/mol. The van der Waals surface area contributed by atoms with E-state index in [1.807, 2.05) is 0 Å².